The Kier molecular flexibility index (Phi) is 9.96. The molecule has 0 unspecified atom stereocenters. The number of nitrogens with two attached hydrogens (primary N) is 1. The fourth-order valence-electron chi connectivity index (χ4n) is 3.65. The Morgan fingerprint density at radius 3 is 2.58 bits per heavy atom. The molecule has 7 nitrogen and oxygen atoms in total. The zero-order valence-corrected chi connectivity index (χ0v) is 20.0. The van der Waals surface area contributed by atoms with Gasteiger partial charge in [-0.15, -0.1) is 24.0 Å². The number of aliphatic imine (C=N–C) groups is 1. The van der Waals surface area contributed by atoms with Gasteiger partial charge >= 0.3 is 0 Å². The zero-order chi connectivity index (χ0) is 21.3. The largest absolute Gasteiger partial charge is 0.369 e. The van der Waals surface area contributed by atoms with Crippen LogP contribution in [-0.2, 0) is 17.8 Å². The molecular weight excluding hydrogens is 510 g/mol. The summed E-state index contributed by atoms with van der Waals surface area (Å²) in [6, 6.07) is 10.7. The number of piperidine rings is 1. The van der Waals surface area contributed by atoms with Crippen LogP contribution in [0.2, 0.25) is 0 Å². The molecule has 31 heavy (non-hydrogen) atoms. The fraction of sp³-hybridized carbons (Fsp3) is 0.409. The number of aromatic nitrogens is 1. The van der Waals surface area contributed by atoms with Crippen LogP contribution in [0.5, 0.6) is 0 Å². The van der Waals surface area contributed by atoms with Gasteiger partial charge in [0.25, 0.3) is 0 Å². The summed E-state index contributed by atoms with van der Waals surface area (Å²) in [6.45, 7) is 2.64. The zero-order valence-electron chi connectivity index (χ0n) is 17.7. The van der Waals surface area contributed by atoms with E-state index in [0.717, 1.165) is 37.3 Å². The Hall–Kier alpha value is -2.43. The van der Waals surface area contributed by atoms with Gasteiger partial charge in [-0.05, 0) is 37.0 Å². The van der Waals surface area contributed by atoms with Crippen molar-refractivity contribution in [3.05, 3.63) is 59.5 Å². The van der Waals surface area contributed by atoms with Crippen LogP contribution >= 0.6 is 24.0 Å². The van der Waals surface area contributed by atoms with Crippen molar-refractivity contribution in [3.63, 3.8) is 0 Å². The first-order chi connectivity index (χ1) is 14.6. The number of halogens is 2. The minimum Gasteiger partial charge on any atom is -0.369 e. The maximum absolute atomic E-state index is 13.7. The summed E-state index contributed by atoms with van der Waals surface area (Å²) in [5, 5.41) is 6.52. The lowest BCUT2D eigenvalue weighted by Crippen LogP contribution is -2.40. The molecule has 3 rings (SSSR count). The van der Waals surface area contributed by atoms with Crippen molar-refractivity contribution in [2.75, 3.05) is 31.6 Å². The van der Waals surface area contributed by atoms with Crippen LogP contribution in [0, 0.1) is 11.7 Å². The Morgan fingerprint density at radius 1 is 1.19 bits per heavy atom. The van der Waals surface area contributed by atoms with Crippen molar-refractivity contribution < 1.29 is 9.18 Å². The summed E-state index contributed by atoms with van der Waals surface area (Å²) in [7, 11) is 1.71. The molecular formula is C22H30FIN6O. The van der Waals surface area contributed by atoms with Gasteiger partial charge in [-0.1, -0.05) is 24.3 Å². The van der Waals surface area contributed by atoms with E-state index in [9.17, 15) is 9.18 Å². The van der Waals surface area contributed by atoms with E-state index in [0.29, 0.717) is 31.0 Å². The van der Waals surface area contributed by atoms with Gasteiger partial charge in [0.15, 0.2) is 5.96 Å². The smallest absolute Gasteiger partial charge is 0.220 e. The summed E-state index contributed by atoms with van der Waals surface area (Å²) < 4.78 is 13.7. The third-order valence-electron chi connectivity index (χ3n) is 5.38. The third kappa shape index (κ3) is 7.05. The topological polar surface area (TPSA) is 95.6 Å². The Morgan fingerprint density at radius 2 is 1.90 bits per heavy atom. The van der Waals surface area contributed by atoms with E-state index >= 15 is 0 Å². The number of amides is 1. The Labute approximate surface area is 199 Å². The summed E-state index contributed by atoms with van der Waals surface area (Å²) in [5.74, 6) is 1.09. The first kappa shape index (κ1) is 24.8. The van der Waals surface area contributed by atoms with Crippen LogP contribution < -0.4 is 21.3 Å². The standard InChI is InChI=1S/C22H29FN6O.HI/c1-25-22(27-12-8-16-5-2-3-7-19(16)23)28-15-18-6-4-11-26-21(18)29-13-9-17(10-14-29)20(24)30;/h2-7,11,17H,8-10,12-15H2,1H3,(H2,24,30)(H2,25,27,28);1H. The Balaban J connectivity index is 0.00000341. The highest BCUT2D eigenvalue weighted by atomic mass is 127. The van der Waals surface area contributed by atoms with Crippen molar-refractivity contribution in [2.45, 2.75) is 25.8 Å². The van der Waals surface area contributed by atoms with Crippen molar-refractivity contribution in [3.8, 4) is 0 Å². The average Bonchev–Trinajstić information content (AvgIpc) is 2.77. The molecule has 0 bridgehead atoms. The molecule has 0 aliphatic carbocycles. The van der Waals surface area contributed by atoms with E-state index in [4.69, 9.17) is 5.73 Å². The molecule has 1 aromatic carbocycles. The quantitative estimate of drug-likeness (QED) is 0.285. The molecule has 0 radical (unpaired) electrons. The van der Waals surface area contributed by atoms with Crippen LogP contribution in [0.3, 0.4) is 0 Å². The predicted octanol–water partition coefficient (Wildman–Crippen LogP) is 2.45. The number of hydrogen-bond donors (Lipinski definition) is 3. The lowest BCUT2D eigenvalue weighted by molar-refractivity contribution is -0.122. The molecule has 0 saturated carbocycles. The number of anilines is 1. The summed E-state index contributed by atoms with van der Waals surface area (Å²) in [6.07, 6.45) is 3.84. The molecule has 168 valence electrons. The van der Waals surface area contributed by atoms with Crippen LogP contribution in [0.4, 0.5) is 10.2 Å². The third-order valence-corrected chi connectivity index (χ3v) is 5.38. The van der Waals surface area contributed by atoms with Crippen molar-refractivity contribution >= 4 is 41.7 Å². The number of benzene rings is 1. The van der Waals surface area contributed by atoms with E-state index in [2.05, 4.69) is 25.5 Å². The molecule has 1 fully saturated rings. The number of carbonyl (C=O) groups excluding carboxylic acids is 1. The van der Waals surface area contributed by atoms with Crippen molar-refractivity contribution in [1.29, 1.82) is 0 Å². The molecule has 0 atom stereocenters. The van der Waals surface area contributed by atoms with E-state index in [1.807, 2.05) is 18.2 Å². The number of nitrogens with zero attached hydrogens (tertiary/aromatic N) is 3. The molecule has 1 aromatic heterocycles. The highest BCUT2D eigenvalue weighted by Crippen LogP contribution is 2.24. The van der Waals surface area contributed by atoms with Gasteiger partial charge in [0.2, 0.25) is 5.91 Å². The molecule has 2 heterocycles. The van der Waals surface area contributed by atoms with Crippen LogP contribution in [0.15, 0.2) is 47.6 Å². The maximum Gasteiger partial charge on any atom is 0.220 e. The van der Waals surface area contributed by atoms with Gasteiger partial charge in [0.1, 0.15) is 11.6 Å². The molecule has 1 saturated heterocycles. The van der Waals surface area contributed by atoms with E-state index < -0.39 is 0 Å². The van der Waals surface area contributed by atoms with Gasteiger partial charge in [0, 0.05) is 50.9 Å². The number of carbonyl (C=O) groups is 1. The highest BCUT2D eigenvalue weighted by molar-refractivity contribution is 14.0. The molecule has 9 heteroatoms. The fourth-order valence-corrected chi connectivity index (χ4v) is 3.65. The van der Waals surface area contributed by atoms with Crippen molar-refractivity contribution in [2.24, 2.45) is 16.6 Å². The lowest BCUT2D eigenvalue weighted by Gasteiger charge is -2.32. The van der Waals surface area contributed by atoms with E-state index in [1.54, 1.807) is 25.4 Å². The summed E-state index contributed by atoms with van der Waals surface area (Å²) in [5.41, 5.74) is 7.16. The molecule has 2 aromatic rings. The van der Waals surface area contributed by atoms with Crippen molar-refractivity contribution in [1.82, 2.24) is 15.6 Å². The molecule has 1 aliphatic rings. The highest BCUT2D eigenvalue weighted by Gasteiger charge is 2.24. The van der Waals surface area contributed by atoms with E-state index in [1.165, 1.54) is 6.07 Å². The number of hydrogen-bond acceptors (Lipinski definition) is 4. The lowest BCUT2D eigenvalue weighted by atomic mass is 9.96. The number of guanidine groups is 1. The first-order valence-corrected chi connectivity index (χ1v) is 10.2. The molecule has 1 amide bonds. The minimum atomic E-state index is -0.220. The average molecular weight is 540 g/mol. The van der Waals surface area contributed by atoms with Gasteiger partial charge < -0.3 is 21.3 Å². The second-order valence-corrected chi connectivity index (χ2v) is 7.34. The Bertz CT molecular complexity index is 886. The summed E-state index contributed by atoms with van der Waals surface area (Å²) in [4.78, 5) is 22.4. The normalized spacial score (nSPS) is 14.6. The van der Waals surface area contributed by atoms with Gasteiger partial charge in [0.05, 0.1) is 0 Å². The number of rotatable bonds is 7. The minimum absolute atomic E-state index is 0. The second kappa shape index (κ2) is 12.4. The number of primary amides is 1. The van der Waals surface area contributed by atoms with E-state index in [-0.39, 0.29) is 41.6 Å². The van der Waals surface area contributed by atoms with Crippen LogP contribution in [0.25, 0.3) is 0 Å². The van der Waals surface area contributed by atoms with Gasteiger partial charge in [-0.2, -0.15) is 0 Å². The monoisotopic (exact) mass is 540 g/mol. The first-order valence-electron chi connectivity index (χ1n) is 10.2. The molecule has 4 N–H and O–H groups in total. The van der Waals surface area contributed by atoms with Crippen LogP contribution in [-0.4, -0.2) is 43.5 Å². The van der Waals surface area contributed by atoms with Gasteiger partial charge in [-0.3, -0.25) is 9.79 Å². The second-order valence-electron chi connectivity index (χ2n) is 7.34. The maximum atomic E-state index is 13.7. The predicted molar refractivity (Wildman–Crippen MR) is 132 cm³/mol. The number of pyridine rings is 1. The number of nitrogens with one attached hydrogen (secondary N) is 2. The molecule has 0 spiro atoms. The molecule has 1 aliphatic heterocycles. The van der Waals surface area contributed by atoms with Gasteiger partial charge in [-0.25, -0.2) is 9.37 Å². The summed E-state index contributed by atoms with van der Waals surface area (Å²) >= 11 is 0. The SMILES string of the molecule is CN=C(NCCc1ccccc1F)NCc1cccnc1N1CCC(C(N)=O)CC1.I. The van der Waals surface area contributed by atoms with Crippen LogP contribution in [0.1, 0.15) is 24.0 Å².